The highest BCUT2D eigenvalue weighted by molar-refractivity contribution is 6.12. The number of amides is 1. The summed E-state index contributed by atoms with van der Waals surface area (Å²) in [6.45, 7) is 0. The number of hydrogen-bond donors (Lipinski definition) is 3. The number of imidazole rings is 1. The van der Waals surface area contributed by atoms with Gasteiger partial charge in [-0.05, 0) is 37.1 Å². The van der Waals surface area contributed by atoms with Crippen LogP contribution in [0.3, 0.4) is 0 Å². The van der Waals surface area contributed by atoms with Crippen molar-refractivity contribution in [1.82, 2.24) is 9.97 Å². The first-order chi connectivity index (χ1) is 11.6. The number of carbonyl (C=O) groups is 1. The van der Waals surface area contributed by atoms with Crippen molar-refractivity contribution in [2.24, 2.45) is 0 Å². The zero-order valence-corrected chi connectivity index (χ0v) is 12.6. The molecule has 1 aliphatic carbocycles. The van der Waals surface area contributed by atoms with E-state index < -0.39 is 17.5 Å². The Morgan fingerprint density at radius 3 is 2.88 bits per heavy atom. The maximum atomic E-state index is 14.2. The molecule has 5 nitrogen and oxygen atoms in total. The molecular formula is C17H14F2N4O. The Balaban J connectivity index is 1.70. The lowest BCUT2D eigenvalue weighted by Crippen LogP contribution is -2.16. The Hall–Kier alpha value is -2.96. The van der Waals surface area contributed by atoms with Crippen LogP contribution in [-0.2, 0) is 0 Å². The van der Waals surface area contributed by atoms with E-state index in [1.54, 1.807) is 12.1 Å². The summed E-state index contributed by atoms with van der Waals surface area (Å²) in [5.74, 6) is -1.74. The fourth-order valence-corrected chi connectivity index (χ4v) is 2.59. The predicted octanol–water partition coefficient (Wildman–Crippen LogP) is 3.67. The van der Waals surface area contributed by atoms with Crippen molar-refractivity contribution >= 4 is 28.3 Å². The molecule has 0 radical (unpaired) electrons. The minimum Gasteiger partial charge on any atom is -0.381 e. The first kappa shape index (κ1) is 14.6. The Labute approximate surface area is 136 Å². The average Bonchev–Trinajstić information content (AvgIpc) is 3.24. The number of aromatic nitrogens is 2. The van der Waals surface area contributed by atoms with E-state index in [0.29, 0.717) is 22.8 Å². The number of fused-ring (bicyclic) bond motifs is 1. The molecule has 3 aromatic rings. The molecule has 1 heterocycles. The summed E-state index contributed by atoms with van der Waals surface area (Å²) in [5, 5.41) is 5.72. The van der Waals surface area contributed by atoms with Crippen LogP contribution in [0.15, 0.2) is 36.7 Å². The molecular weight excluding hydrogens is 314 g/mol. The standard InChI is InChI=1S/C17H14F2N4O/c18-9-6-11(15-14(7-9)20-8-21-15)17(24)23-16-12(19)2-1-3-13(16)22-10-4-5-10/h1-3,6-8,10,22H,4-5H2,(H,20,21)(H,23,24). The third-order valence-electron chi connectivity index (χ3n) is 3.92. The van der Waals surface area contributed by atoms with E-state index in [2.05, 4.69) is 20.6 Å². The van der Waals surface area contributed by atoms with Gasteiger partial charge in [-0.3, -0.25) is 4.79 Å². The minimum absolute atomic E-state index is 0.0480. The molecule has 1 aliphatic rings. The van der Waals surface area contributed by atoms with Gasteiger partial charge in [-0.2, -0.15) is 0 Å². The SMILES string of the molecule is O=C(Nc1c(F)cccc1NC1CC1)c1cc(F)cc2[nH]cnc12. The van der Waals surface area contributed by atoms with Gasteiger partial charge in [0.2, 0.25) is 0 Å². The van der Waals surface area contributed by atoms with Crippen molar-refractivity contribution in [3.63, 3.8) is 0 Å². The molecule has 1 aromatic heterocycles. The first-order valence-electron chi connectivity index (χ1n) is 7.61. The van der Waals surface area contributed by atoms with Crippen LogP contribution < -0.4 is 10.6 Å². The van der Waals surface area contributed by atoms with E-state index >= 15 is 0 Å². The molecule has 0 aliphatic heterocycles. The van der Waals surface area contributed by atoms with E-state index in [9.17, 15) is 13.6 Å². The van der Waals surface area contributed by atoms with Crippen LogP contribution in [0.5, 0.6) is 0 Å². The highest BCUT2D eigenvalue weighted by Gasteiger charge is 2.24. The van der Waals surface area contributed by atoms with Gasteiger partial charge in [0.25, 0.3) is 5.91 Å². The number of benzene rings is 2. The summed E-state index contributed by atoms with van der Waals surface area (Å²) in [6.07, 6.45) is 3.41. The van der Waals surface area contributed by atoms with Crippen molar-refractivity contribution in [3.05, 3.63) is 53.9 Å². The lowest BCUT2D eigenvalue weighted by molar-refractivity contribution is 0.102. The van der Waals surface area contributed by atoms with Gasteiger partial charge >= 0.3 is 0 Å². The number of nitrogens with zero attached hydrogens (tertiary/aromatic N) is 1. The normalized spacial score (nSPS) is 13.9. The number of carbonyl (C=O) groups excluding carboxylic acids is 1. The molecule has 4 rings (SSSR count). The topological polar surface area (TPSA) is 69.8 Å². The van der Waals surface area contributed by atoms with Crippen LogP contribution >= 0.6 is 0 Å². The molecule has 1 amide bonds. The zero-order chi connectivity index (χ0) is 16.7. The molecule has 2 aromatic carbocycles. The van der Waals surface area contributed by atoms with Crippen molar-refractivity contribution in [2.75, 3.05) is 10.6 Å². The maximum Gasteiger partial charge on any atom is 0.258 e. The second-order valence-electron chi connectivity index (χ2n) is 5.79. The van der Waals surface area contributed by atoms with Crippen LogP contribution in [0.1, 0.15) is 23.2 Å². The van der Waals surface area contributed by atoms with Crippen LogP contribution in [0.25, 0.3) is 11.0 Å². The second-order valence-corrected chi connectivity index (χ2v) is 5.79. The zero-order valence-electron chi connectivity index (χ0n) is 12.6. The van der Waals surface area contributed by atoms with E-state index in [4.69, 9.17) is 0 Å². The fourth-order valence-electron chi connectivity index (χ4n) is 2.59. The molecule has 122 valence electrons. The van der Waals surface area contributed by atoms with E-state index in [-0.39, 0.29) is 11.3 Å². The molecule has 7 heteroatoms. The molecule has 0 saturated heterocycles. The third kappa shape index (κ3) is 2.68. The second kappa shape index (κ2) is 5.59. The molecule has 0 unspecified atom stereocenters. The number of hydrogen-bond acceptors (Lipinski definition) is 3. The Bertz CT molecular complexity index is 933. The number of halogens is 2. The smallest absolute Gasteiger partial charge is 0.258 e. The summed E-state index contributed by atoms with van der Waals surface area (Å²) >= 11 is 0. The summed E-state index contributed by atoms with van der Waals surface area (Å²) in [6, 6.07) is 7.19. The molecule has 24 heavy (non-hydrogen) atoms. The Morgan fingerprint density at radius 2 is 2.08 bits per heavy atom. The van der Waals surface area contributed by atoms with Gasteiger partial charge in [0.1, 0.15) is 22.8 Å². The average molecular weight is 328 g/mol. The Kier molecular flexibility index (Phi) is 3.41. The summed E-state index contributed by atoms with van der Waals surface area (Å²) in [5.41, 5.74) is 1.36. The fraction of sp³-hybridized carbons (Fsp3) is 0.176. The minimum atomic E-state index is -0.615. The van der Waals surface area contributed by atoms with Gasteiger partial charge in [-0.25, -0.2) is 13.8 Å². The van der Waals surface area contributed by atoms with Crippen molar-refractivity contribution in [1.29, 1.82) is 0 Å². The van der Waals surface area contributed by atoms with Crippen LogP contribution in [0.2, 0.25) is 0 Å². The number of aromatic amines is 1. The monoisotopic (exact) mass is 328 g/mol. The van der Waals surface area contributed by atoms with Crippen LogP contribution in [-0.4, -0.2) is 21.9 Å². The molecule has 1 fully saturated rings. The third-order valence-corrected chi connectivity index (χ3v) is 3.92. The Morgan fingerprint density at radius 1 is 1.25 bits per heavy atom. The molecule has 1 saturated carbocycles. The highest BCUT2D eigenvalue weighted by Crippen LogP contribution is 2.31. The summed E-state index contributed by atoms with van der Waals surface area (Å²) in [4.78, 5) is 19.4. The van der Waals surface area contributed by atoms with Crippen LogP contribution in [0, 0.1) is 11.6 Å². The van der Waals surface area contributed by atoms with Gasteiger partial charge in [-0.15, -0.1) is 0 Å². The lowest BCUT2D eigenvalue weighted by atomic mass is 10.1. The van der Waals surface area contributed by atoms with E-state index in [0.717, 1.165) is 18.9 Å². The van der Waals surface area contributed by atoms with Gasteiger partial charge in [0.15, 0.2) is 0 Å². The number of H-pyrrole nitrogens is 1. The van der Waals surface area contributed by atoms with Gasteiger partial charge in [0, 0.05) is 6.04 Å². The maximum absolute atomic E-state index is 14.2. The van der Waals surface area contributed by atoms with Gasteiger partial charge in [-0.1, -0.05) is 6.07 Å². The van der Waals surface area contributed by atoms with E-state index in [1.165, 1.54) is 18.5 Å². The number of para-hydroxylation sites is 1. The van der Waals surface area contributed by atoms with Crippen molar-refractivity contribution < 1.29 is 13.6 Å². The highest BCUT2D eigenvalue weighted by atomic mass is 19.1. The largest absolute Gasteiger partial charge is 0.381 e. The van der Waals surface area contributed by atoms with Crippen molar-refractivity contribution in [2.45, 2.75) is 18.9 Å². The summed E-state index contributed by atoms with van der Waals surface area (Å²) < 4.78 is 27.9. The first-order valence-corrected chi connectivity index (χ1v) is 7.61. The van der Waals surface area contributed by atoms with Crippen molar-refractivity contribution in [3.8, 4) is 0 Å². The van der Waals surface area contributed by atoms with Gasteiger partial charge < -0.3 is 15.6 Å². The lowest BCUT2D eigenvalue weighted by Gasteiger charge is -2.13. The molecule has 0 atom stereocenters. The molecule has 3 N–H and O–H groups in total. The number of nitrogens with one attached hydrogen (secondary N) is 3. The quantitative estimate of drug-likeness (QED) is 0.684. The molecule has 0 bridgehead atoms. The van der Waals surface area contributed by atoms with Crippen LogP contribution in [0.4, 0.5) is 20.2 Å². The molecule has 0 spiro atoms. The van der Waals surface area contributed by atoms with Gasteiger partial charge in [0.05, 0.1) is 23.1 Å². The predicted molar refractivity (Wildman–Crippen MR) is 87.0 cm³/mol. The summed E-state index contributed by atoms with van der Waals surface area (Å²) in [7, 11) is 0. The number of anilines is 2. The van der Waals surface area contributed by atoms with E-state index in [1.807, 2.05) is 0 Å². The number of rotatable bonds is 4.